The van der Waals surface area contributed by atoms with Gasteiger partial charge in [0.15, 0.2) is 0 Å². The van der Waals surface area contributed by atoms with E-state index in [4.69, 9.17) is 5.11 Å². The normalized spacial score (nSPS) is 21.5. The molecular weight excluding hydrogens is 194 g/mol. The van der Waals surface area contributed by atoms with E-state index in [0.717, 1.165) is 38.9 Å². The molecule has 0 aromatic carbocycles. The zero-order valence-corrected chi connectivity index (χ0v) is 9.35. The molecule has 1 aliphatic rings. The van der Waals surface area contributed by atoms with E-state index in [9.17, 15) is 9.90 Å². The average molecular weight is 215 g/mol. The number of carbonyl (C=O) groups is 1. The van der Waals surface area contributed by atoms with Gasteiger partial charge in [-0.3, -0.25) is 4.79 Å². The van der Waals surface area contributed by atoms with Crippen LogP contribution in [0, 0.1) is 5.92 Å². The summed E-state index contributed by atoms with van der Waals surface area (Å²) >= 11 is 0. The van der Waals surface area contributed by atoms with Crippen LogP contribution in [-0.2, 0) is 4.79 Å². The minimum absolute atomic E-state index is 0.263. The first kappa shape index (κ1) is 12.5. The van der Waals surface area contributed by atoms with Crippen LogP contribution in [0.15, 0.2) is 0 Å². The molecule has 88 valence electrons. The molecule has 4 nitrogen and oxygen atoms in total. The van der Waals surface area contributed by atoms with Crippen LogP contribution in [0.3, 0.4) is 0 Å². The average Bonchev–Trinajstić information content (AvgIpc) is 2.16. The van der Waals surface area contributed by atoms with E-state index in [1.54, 1.807) is 6.92 Å². The van der Waals surface area contributed by atoms with Gasteiger partial charge < -0.3 is 15.1 Å². The van der Waals surface area contributed by atoms with Crippen molar-refractivity contribution in [3.63, 3.8) is 0 Å². The number of aliphatic hydroxyl groups is 1. The lowest BCUT2D eigenvalue weighted by Crippen LogP contribution is -2.38. The van der Waals surface area contributed by atoms with Gasteiger partial charge >= 0.3 is 5.97 Å². The summed E-state index contributed by atoms with van der Waals surface area (Å²) in [6.45, 7) is 4.53. The summed E-state index contributed by atoms with van der Waals surface area (Å²) in [5.74, 6) is -0.132. The summed E-state index contributed by atoms with van der Waals surface area (Å²) in [5, 5.41) is 17.8. The zero-order chi connectivity index (χ0) is 11.3. The predicted octanol–water partition coefficient (Wildman–Crippen LogP) is 0.944. The molecule has 1 aliphatic heterocycles. The summed E-state index contributed by atoms with van der Waals surface area (Å²) in [7, 11) is 0. The number of β-amino-alcohol motifs (C(OH)–C–C–N with tert-alkyl or cyclic N) is 1. The Morgan fingerprint density at radius 1 is 1.47 bits per heavy atom. The summed E-state index contributed by atoms with van der Waals surface area (Å²) in [4.78, 5) is 12.7. The summed E-state index contributed by atoms with van der Waals surface area (Å²) < 4.78 is 0. The van der Waals surface area contributed by atoms with E-state index in [-0.39, 0.29) is 6.10 Å². The number of aliphatic hydroxyl groups excluding tert-OH is 1. The molecule has 1 rings (SSSR count). The molecule has 0 saturated carbocycles. The van der Waals surface area contributed by atoms with Gasteiger partial charge in [-0.05, 0) is 45.2 Å². The standard InChI is InChI=1S/C11H21NO3/c1-9(13)8-12-6-4-10(5-7-12)2-3-11(14)15/h9-10,13H,2-8H2,1H3,(H,14,15). The van der Waals surface area contributed by atoms with E-state index >= 15 is 0 Å². The van der Waals surface area contributed by atoms with Gasteiger partial charge in [0.05, 0.1) is 6.10 Å². The Labute approximate surface area is 90.9 Å². The van der Waals surface area contributed by atoms with Gasteiger partial charge in [0.1, 0.15) is 0 Å². The highest BCUT2D eigenvalue weighted by Crippen LogP contribution is 2.21. The number of carboxylic acid groups (broad SMARTS) is 1. The number of hydrogen-bond donors (Lipinski definition) is 2. The van der Waals surface area contributed by atoms with Crippen molar-refractivity contribution in [3.05, 3.63) is 0 Å². The molecule has 0 aromatic rings. The molecule has 4 heteroatoms. The molecule has 0 aliphatic carbocycles. The molecule has 1 heterocycles. The monoisotopic (exact) mass is 215 g/mol. The lowest BCUT2D eigenvalue weighted by atomic mass is 9.92. The predicted molar refractivity (Wildman–Crippen MR) is 57.7 cm³/mol. The Balaban J connectivity index is 2.15. The van der Waals surface area contributed by atoms with Crippen molar-refractivity contribution in [2.24, 2.45) is 5.92 Å². The first-order valence-corrected chi connectivity index (χ1v) is 5.70. The third-order valence-corrected chi connectivity index (χ3v) is 3.00. The number of piperidine rings is 1. The highest BCUT2D eigenvalue weighted by molar-refractivity contribution is 5.66. The molecule has 2 N–H and O–H groups in total. The lowest BCUT2D eigenvalue weighted by Gasteiger charge is -2.32. The molecule has 1 atom stereocenters. The number of hydrogen-bond acceptors (Lipinski definition) is 3. The Morgan fingerprint density at radius 2 is 2.07 bits per heavy atom. The van der Waals surface area contributed by atoms with Crippen molar-refractivity contribution in [3.8, 4) is 0 Å². The van der Waals surface area contributed by atoms with E-state index in [1.165, 1.54) is 0 Å². The third-order valence-electron chi connectivity index (χ3n) is 3.00. The Bertz CT molecular complexity index is 198. The highest BCUT2D eigenvalue weighted by atomic mass is 16.4. The summed E-state index contributed by atoms with van der Waals surface area (Å²) in [5.41, 5.74) is 0. The SMILES string of the molecule is CC(O)CN1CCC(CCC(=O)O)CC1. The fourth-order valence-electron chi connectivity index (χ4n) is 2.16. The van der Waals surface area contributed by atoms with Crippen LogP contribution in [0.2, 0.25) is 0 Å². The van der Waals surface area contributed by atoms with Crippen molar-refractivity contribution in [1.82, 2.24) is 4.90 Å². The van der Waals surface area contributed by atoms with Gasteiger partial charge in [0.25, 0.3) is 0 Å². The number of nitrogens with zero attached hydrogens (tertiary/aromatic N) is 1. The van der Waals surface area contributed by atoms with E-state index in [2.05, 4.69) is 4.90 Å². The topological polar surface area (TPSA) is 60.8 Å². The molecule has 1 fully saturated rings. The van der Waals surface area contributed by atoms with Crippen LogP contribution in [-0.4, -0.2) is 46.8 Å². The first-order valence-electron chi connectivity index (χ1n) is 5.70. The van der Waals surface area contributed by atoms with Crippen LogP contribution < -0.4 is 0 Å². The number of rotatable bonds is 5. The Morgan fingerprint density at radius 3 is 2.53 bits per heavy atom. The van der Waals surface area contributed by atoms with Gasteiger partial charge in [-0.15, -0.1) is 0 Å². The van der Waals surface area contributed by atoms with Gasteiger partial charge in [0, 0.05) is 13.0 Å². The highest BCUT2D eigenvalue weighted by Gasteiger charge is 2.20. The molecule has 0 aromatic heterocycles. The van der Waals surface area contributed by atoms with Crippen LogP contribution in [0.1, 0.15) is 32.6 Å². The zero-order valence-electron chi connectivity index (χ0n) is 9.35. The van der Waals surface area contributed by atoms with Crippen LogP contribution >= 0.6 is 0 Å². The van der Waals surface area contributed by atoms with Gasteiger partial charge in [-0.1, -0.05) is 0 Å². The molecule has 0 spiro atoms. The number of carboxylic acids is 1. The van der Waals surface area contributed by atoms with Crippen molar-refractivity contribution >= 4 is 5.97 Å². The van der Waals surface area contributed by atoms with Crippen LogP contribution in [0.25, 0.3) is 0 Å². The Hall–Kier alpha value is -0.610. The number of likely N-dealkylation sites (tertiary alicyclic amines) is 1. The molecule has 15 heavy (non-hydrogen) atoms. The van der Waals surface area contributed by atoms with Crippen molar-refractivity contribution in [2.75, 3.05) is 19.6 Å². The molecule has 1 unspecified atom stereocenters. The van der Waals surface area contributed by atoms with Crippen molar-refractivity contribution < 1.29 is 15.0 Å². The number of aliphatic carboxylic acids is 1. The quantitative estimate of drug-likeness (QED) is 0.716. The molecule has 0 radical (unpaired) electrons. The van der Waals surface area contributed by atoms with Crippen LogP contribution in [0.5, 0.6) is 0 Å². The van der Waals surface area contributed by atoms with Crippen molar-refractivity contribution in [1.29, 1.82) is 0 Å². The molecule has 1 saturated heterocycles. The molecular formula is C11H21NO3. The van der Waals surface area contributed by atoms with Gasteiger partial charge in [-0.2, -0.15) is 0 Å². The second kappa shape index (κ2) is 6.08. The van der Waals surface area contributed by atoms with E-state index < -0.39 is 5.97 Å². The maximum atomic E-state index is 10.4. The minimum Gasteiger partial charge on any atom is -0.481 e. The van der Waals surface area contributed by atoms with Gasteiger partial charge in [0.2, 0.25) is 0 Å². The fourth-order valence-corrected chi connectivity index (χ4v) is 2.16. The first-order chi connectivity index (χ1) is 7.08. The molecule has 0 amide bonds. The van der Waals surface area contributed by atoms with E-state index in [1.807, 2.05) is 0 Å². The minimum atomic E-state index is -0.693. The second-order valence-electron chi connectivity index (χ2n) is 4.53. The van der Waals surface area contributed by atoms with E-state index in [0.29, 0.717) is 12.3 Å². The third kappa shape index (κ3) is 5.14. The lowest BCUT2D eigenvalue weighted by molar-refractivity contribution is -0.137. The fraction of sp³-hybridized carbons (Fsp3) is 0.909. The molecule has 0 bridgehead atoms. The van der Waals surface area contributed by atoms with Crippen LogP contribution in [0.4, 0.5) is 0 Å². The smallest absolute Gasteiger partial charge is 0.303 e. The summed E-state index contributed by atoms with van der Waals surface area (Å²) in [6, 6.07) is 0. The summed E-state index contributed by atoms with van der Waals surface area (Å²) in [6.07, 6.45) is 2.97. The van der Waals surface area contributed by atoms with Crippen molar-refractivity contribution in [2.45, 2.75) is 38.7 Å². The second-order valence-corrected chi connectivity index (χ2v) is 4.53. The maximum Gasteiger partial charge on any atom is 0.303 e. The maximum absolute atomic E-state index is 10.4. The largest absolute Gasteiger partial charge is 0.481 e. The van der Waals surface area contributed by atoms with Gasteiger partial charge in [-0.25, -0.2) is 0 Å². The Kier molecular flexibility index (Phi) is 5.05.